The predicted octanol–water partition coefficient (Wildman–Crippen LogP) is 1.67. The summed E-state index contributed by atoms with van der Waals surface area (Å²) in [4.78, 5) is 14.8. The van der Waals surface area contributed by atoms with Crippen LogP contribution in [0.25, 0.3) is 22.3 Å². The van der Waals surface area contributed by atoms with Gasteiger partial charge in [0.1, 0.15) is 0 Å². The first-order valence-electron chi connectivity index (χ1n) is 5.49. The van der Waals surface area contributed by atoms with Crippen LogP contribution in [0, 0.1) is 0 Å². The number of aromatic nitrogens is 4. The Balaban J connectivity index is 2.09. The van der Waals surface area contributed by atoms with Crippen molar-refractivity contribution in [2.24, 2.45) is 0 Å². The summed E-state index contributed by atoms with van der Waals surface area (Å²) < 4.78 is 0. The molecule has 0 unspecified atom stereocenters. The lowest BCUT2D eigenvalue weighted by Gasteiger charge is -2.02. The van der Waals surface area contributed by atoms with Crippen molar-refractivity contribution >= 4 is 11.0 Å². The standard InChI is InChI=1S/C12H13N5/c1-13-5-11-12(17-7-16-11)8-2-3-9-10(4-8)15-6-14-9/h2-4,6-7,13H,5H2,1H3,(H,14,15)(H,16,17). The second kappa shape index (κ2) is 4.03. The van der Waals surface area contributed by atoms with Crippen LogP contribution in [0.15, 0.2) is 30.9 Å². The molecule has 5 nitrogen and oxygen atoms in total. The molecule has 0 aliphatic carbocycles. The van der Waals surface area contributed by atoms with Crippen LogP contribution in [0.3, 0.4) is 0 Å². The van der Waals surface area contributed by atoms with Gasteiger partial charge in [0.15, 0.2) is 0 Å². The Kier molecular flexibility index (Phi) is 2.38. The molecule has 0 amide bonds. The van der Waals surface area contributed by atoms with Crippen LogP contribution in [0.4, 0.5) is 0 Å². The lowest BCUT2D eigenvalue weighted by molar-refractivity contribution is 0.799. The smallest absolute Gasteiger partial charge is 0.0931 e. The molecule has 0 fully saturated rings. The van der Waals surface area contributed by atoms with E-state index in [0.717, 1.165) is 34.5 Å². The van der Waals surface area contributed by atoms with Gasteiger partial charge in [0, 0.05) is 12.1 Å². The summed E-state index contributed by atoms with van der Waals surface area (Å²) in [6.45, 7) is 0.774. The van der Waals surface area contributed by atoms with Crippen LogP contribution in [0.5, 0.6) is 0 Å². The van der Waals surface area contributed by atoms with E-state index in [-0.39, 0.29) is 0 Å². The normalized spacial score (nSPS) is 11.1. The molecule has 17 heavy (non-hydrogen) atoms. The maximum Gasteiger partial charge on any atom is 0.0931 e. The van der Waals surface area contributed by atoms with Crippen LogP contribution in [-0.2, 0) is 6.54 Å². The zero-order valence-electron chi connectivity index (χ0n) is 9.49. The number of nitrogens with one attached hydrogen (secondary N) is 3. The molecule has 86 valence electrons. The summed E-state index contributed by atoms with van der Waals surface area (Å²) in [5.41, 5.74) is 5.16. The second-order valence-electron chi connectivity index (χ2n) is 3.89. The molecule has 5 heteroatoms. The Morgan fingerprint density at radius 1 is 1.18 bits per heavy atom. The highest BCUT2D eigenvalue weighted by atomic mass is 14.9. The molecule has 0 atom stereocenters. The number of rotatable bonds is 3. The van der Waals surface area contributed by atoms with Gasteiger partial charge < -0.3 is 15.3 Å². The molecule has 0 aliphatic rings. The number of hydrogen-bond donors (Lipinski definition) is 3. The zero-order chi connectivity index (χ0) is 11.7. The maximum absolute atomic E-state index is 4.37. The zero-order valence-corrected chi connectivity index (χ0v) is 9.49. The van der Waals surface area contributed by atoms with Crippen molar-refractivity contribution < 1.29 is 0 Å². The summed E-state index contributed by atoms with van der Waals surface area (Å²) >= 11 is 0. The van der Waals surface area contributed by atoms with E-state index in [0.29, 0.717) is 0 Å². The Labute approximate surface area is 98.3 Å². The van der Waals surface area contributed by atoms with Gasteiger partial charge in [-0.25, -0.2) is 9.97 Å². The fourth-order valence-electron chi connectivity index (χ4n) is 1.96. The molecule has 0 bridgehead atoms. The van der Waals surface area contributed by atoms with Gasteiger partial charge in [0.25, 0.3) is 0 Å². The van der Waals surface area contributed by atoms with Crippen molar-refractivity contribution in [1.82, 2.24) is 25.3 Å². The first-order chi connectivity index (χ1) is 8.38. The van der Waals surface area contributed by atoms with E-state index in [1.54, 1.807) is 12.7 Å². The van der Waals surface area contributed by atoms with Crippen LogP contribution in [-0.4, -0.2) is 27.0 Å². The monoisotopic (exact) mass is 227 g/mol. The van der Waals surface area contributed by atoms with Crippen molar-refractivity contribution in [3.63, 3.8) is 0 Å². The maximum atomic E-state index is 4.37. The number of hydrogen-bond acceptors (Lipinski definition) is 3. The fourth-order valence-corrected chi connectivity index (χ4v) is 1.96. The number of H-pyrrole nitrogens is 2. The molecule has 1 aromatic carbocycles. The molecule has 3 rings (SSSR count). The third kappa shape index (κ3) is 1.70. The van der Waals surface area contributed by atoms with E-state index in [4.69, 9.17) is 0 Å². The molecule has 0 saturated heterocycles. The van der Waals surface area contributed by atoms with Crippen molar-refractivity contribution in [3.8, 4) is 11.3 Å². The SMILES string of the molecule is CNCc1[nH]cnc1-c1ccc2nc[nH]c2c1. The first-order valence-corrected chi connectivity index (χ1v) is 5.49. The van der Waals surface area contributed by atoms with Crippen molar-refractivity contribution in [1.29, 1.82) is 0 Å². The molecule has 3 aromatic rings. The van der Waals surface area contributed by atoms with Gasteiger partial charge in [0.05, 0.1) is 35.1 Å². The molecule has 0 aliphatic heterocycles. The van der Waals surface area contributed by atoms with Crippen LogP contribution in [0.2, 0.25) is 0 Å². The highest BCUT2D eigenvalue weighted by Gasteiger charge is 2.08. The van der Waals surface area contributed by atoms with Crippen LogP contribution < -0.4 is 5.32 Å². The van der Waals surface area contributed by atoms with Gasteiger partial charge >= 0.3 is 0 Å². The highest BCUT2D eigenvalue weighted by molar-refractivity contribution is 5.81. The topological polar surface area (TPSA) is 69.4 Å². The largest absolute Gasteiger partial charge is 0.347 e. The number of fused-ring (bicyclic) bond motifs is 1. The second-order valence-corrected chi connectivity index (χ2v) is 3.89. The van der Waals surface area contributed by atoms with Gasteiger partial charge in [0.2, 0.25) is 0 Å². The molecular weight excluding hydrogens is 214 g/mol. The summed E-state index contributed by atoms with van der Waals surface area (Å²) in [7, 11) is 1.92. The van der Waals surface area contributed by atoms with E-state index >= 15 is 0 Å². The van der Waals surface area contributed by atoms with Gasteiger partial charge in [-0.1, -0.05) is 6.07 Å². The van der Waals surface area contributed by atoms with Gasteiger partial charge in [-0.2, -0.15) is 0 Å². The lowest BCUT2D eigenvalue weighted by atomic mass is 10.1. The molecule has 3 N–H and O–H groups in total. The van der Waals surface area contributed by atoms with E-state index < -0.39 is 0 Å². The van der Waals surface area contributed by atoms with E-state index in [1.165, 1.54) is 0 Å². The van der Waals surface area contributed by atoms with Crippen LogP contribution in [0.1, 0.15) is 5.69 Å². The molecular formula is C12H13N5. The number of benzene rings is 1. The molecule has 0 spiro atoms. The Morgan fingerprint density at radius 2 is 2.06 bits per heavy atom. The average Bonchev–Trinajstić information content (AvgIpc) is 2.96. The van der Waals surface area contributed by atoms with E-state index in [1.807, 2.05) is 19.2 Å². The molecule has 2 aromatic heterocycles. The van der Waals surface area contributed by atoms with Crippen molar-refractivity contribution in [2.75, 3.05) is 7.05 Å². The average molecular weight is 227 g/mol. The minimum Gasteiger partial charge on any atom is -0.347 e. The minimum atomic E-state index is 0.774. The number of nitrogens with zero attached hydrogens (tertiary/aromatic N) is 2. The molecule has 2 heterocycles. The van der Waals surface area contributed by atoms with Crippen molar-refractivity contribution in [3.05, 3.63) is 36.5 Å². The first kappa shape index (κ1) is 10.0. The van der Waals surface area contributed by atoms with E-state index in [2.05, 4.69) is 31.3 Å². The van der Waals surface area contributed by atoms with Gasteiger partial charge in [-0.05, 0) is 19.2 Å². The minimum absolute atomic E-state index is 0.774. The summed E-state index contributed by atoms with van der Waals surface area (Å²) in [6, 6.07) is 6.11. The summed E-state index contributed by atoms with van der Waals surface area (Å²) in [5, 5.41) is 3.12. The highest BCUT2D eigenvalue weighted by Crippen LogP contribution is 2.23. The van der Waals surface area contributed by atoms with E-state index in [9.17, 15) is 0 Å². The summed E-state index contributed by atoms with van der Waals surface area (Å²) in [6.07, 6.45) is 3.42. The molecule has 0 saturated carbocycles. The Hall–Kier alpha value is -2.14. The quantitative estimate of drug-likeness (QED) is 0.637. The Morgan fingerprint density at radius 3 is 2.94 bits per heavy atom. The Bertz CT molecular complexity index is 637. The summed E-state index contributed by atoms with van der Waals surface area (Å²) in [5.74, 6) is 0. The third-order valence-corrected chi connectivity index (χ3v) is 2.77. The number of aromatic amines is 2. The van der Waals surface area contributed by atoms with Crippen LogP contribution >= 0.6 is 0 Å². The van der Waals surface area contributed by atoms with Crippen molar-refractivity contribution in [2.45, 2.75) is 6.54 Å². The number of imidazole rings is 2. The molecule has 0 radical (unpaired) electrons. The lowest BCUT2D eigenvalue weighted by Crippen LogP contribution is -2.06. The fraction of sp³-hybridized carbons (Fsp3) is 0.167. The third-order valence-electron chi connectivity index (χ3n) is 2.77. The van der Waals surface area contributed by atoms with Gasteiger partial charge in [-0.15, -0.1) is 0 Å². The van der Waals surface area contributed by atoms with Gasteiger partial charge in [-0.3, -0.25) is 0 Å². The predicted molar refractivity (Wildman–Crippen MR) is 66.4 cm³/mol.